The Kier molecular flexibility index (Phi) is 8.55. The molecule has 0 amide bonds. The molecule has 5 nitrogen and oxygen atoms in total. The van der Waals surface area contributed by atoms with Crippen LogP contribution in [0, 0.1) is 0 Å². The number of halogens is 6. The largest absolute Gasteiger partial charge is 0.481 e. The summed E-state index contributed by atoms with van der Waals surface area (Å²) in [5.74, 6) is -0.883. The number of benzene rings is 2. The molecule has 1 saturated heterocycles. The van der Waals surface area contributed by atoms with E-state index in [1.807, 2.05) is 24.3 Å². The van der Waals surface area contributed by atoms with Gasteiger partial charge in [-0.15, -0.1) is 0 Å². The van der Waals surface area contributed by atoms with Crippen LogP contribution in [0.3, 0.4) is 0 Å². The lowest BCUT2D eigenvalue weighted by atomic mass is 9.80. The SMILES string of the molecule is CC(c1ccc(-c2ccc(CN3CCN(Cc4ccncc4)CC3CC(=O)O)cc2)cc1)(C(F)(F)F)C(F)(F)F. The van der Waals surface area contributed by atoms with Gasteiger partial charge in [-0.2, -0.15) is 26.3 Å². The number of carboxylic acid groups (broad SMARTS) is 1. The molecule has 11 heteroatoms. The first kappa shape index (κ1) is 29.5. The lowest BCUT2D eigenvalue weighted by Crippen LogP contribution is -2.52. The van der Waals surface area contributed by atoms with Crippen LogP contribution in [0.1, 0.15) is 30.0 Å². The Morgan fingerprint density at radius 3 is 1.88 bits per heavy atom. The fourth-order valence-electron chi connectivity index (χ4n) is 4.97. The Balaban J connectivity index is 1.45. The van der Waals surface area contributed by atoms with Gasteiger partial charge in [-0.3, -0.25) is 19.6 Å². The van der Waals surface area contributed by atoms with E-state index >= 15 is 0 Å². The number of pyridine rings is 1. The molecular formula is C29H29F6N3O2. The average molecular weight is 566 g/mol. The topological polar surface area (TPSA) is 56.7 Å². The van der Waals surface area contributed by atoms with Gasteiger partial charge in [-0.25, -0.2) is 0 Å². The second-order valence-electron chi connectivity index (χ2n) is 10.2. The minimum absolute atomic E-state index is 0.00789. The van der Waals surface area contributed by atoms with Gasteiger partial charge in [0.05, 0.1) is 6.42 Å². The van der Waals surface area contributed by atoms with E-state index < -0.39 is 29.3 Å². The number of hydrogen-bond acceptors (Lipinski definition) is 4. The molecule has 0 radical (unpaired) electrons. The van der Waals surface area contributed by atoms with Crippen molar-refractivity contribution in [3.63, 3.8) is 0 Å². The molecule has 0 spiro atoms. The molecule has 40 heavy (non-hydrogen) atoms. The van der Waals surface area contributed by atoms with E-state index in [2.05, 4.69) is 14.8 Å². The molecule has 1 aliphatic heterocycles. The second-order valence-corrected chi connectivity index (χ2v) is 10.2. The molecule has 214 valence electrons. The van der Waals surface area contributed by atoms with Crippen molar-refractivity contribution in [3.8, 4) is 11.1 Å². The zero-order chi connectivity index (χ0) is 29.1. The predicted octanol–water partition coefficient (Wildman–Crippen LogP) is 6.29. The summed E-state index contributed by atoms with van der Waals surface area (Å²) < 4.78 is 80.4. The highest BCUT2D eigenvalue weighted by molar-refractivity contribution is 5.67. The van der Waals surface area contributed by atoms with Gasteiger partial charge in [0, 0.05) is 51.2 Å². The number of carboxylic acids is 1. The van der Waals surface area contributed by atoms with Gasteiger partial charge in [-0.05, 0) is 46.9 Å². The zero-order valence-corrected chi connectivity index (χ0v) is 21.7. The van der Waals surface area contributed by atoms with Crippen molar-refractivity contribution in [3.05, 3.63) is 89.7 Å². The van der Waals surface area contributed by atoms with Crippen LogP contribution in [0.15, 0.2) is 73.1 Å². The molecule has 0 aliphatic carbocycles. The lowest BCUT2D eigenvalue weighted by Gasteiger charge is -2.41. The Morgan fingerprint density at radius 1 is 0.825 bits per heavy atom. The maximum Gasteiger partial charge on any atom is 0.406 e. The van der Waals surface area contributed by atoms with Crippen molar-refractivity contribution in [2.45, 2.75) is 50.2 Å². The molecule has 1 atom stereocenters. The fraction of sp³-hybridized carbons (Fsp3) is 0.379. The molecule has 1 aliphatic rings. The van der Waals surface area contributed by atoms with E-state index in [1.54, 1.807) is 24.5 Å². The number of nitrogens with zero attached hydrogens (tertiary/aromatic N) is 3. The summed E-state index contributed by atoms with van der Waals surface area (Å²) in [7, 11) is 0. The normalized spacial score (nSPS) is 17.6. The summed E-state index contributed by atoms with van der Waals surface area (Å²) >= 11 is 0. The summed E-state index contributed by atoms with van der Waals surface area (Å²) in [4.78, 5) is 19.9. The van der Waals surface area contributed by atoms with Gasteiger partial charge in [0.25, 0.3) is 0 Å². The third-order valence-corrected chi connectivity index (χ3v) is 7.52. The van der Waals surface area contributed by atoms with Crippen LogP contribution in [0.5, 0.6) is 0 Å². The van der Waals surface area contributed by atoms with Crippen molar-refractivity contribution in [2.24, 2.45) is 0 Å². The van der Waals surface area contributed by atoms with Gasteiger partial charge in [-0.1, -0.05) is 48.5 Å². The molecular weight excluding hydrogens is 536 g/mol. The molecule has 3 aromatic rings. The molecule has 4 rings (SSSR count). The summed E-state index contributed by atoms with van der Waals surface area (Å²) in [6, 6.07) is 15.1. The first-order valence-corrected chi connectivity index (χ1v) is 12.7. The summed E-state index contributed by atoms with van der Waals surface area (Å²) in [6.07, 6.45) is -7.57. The van der Waals surface area contributed by atoms with Crippen LogP contribution in [0.25, 0.3) is 11.1 Å². The maximum atomic E-state index is 13.4. The molecule has 1 unspecified atom stereocenters. The first-order valence-electron chi connectivity index (χ1n) is 12.7. The van der Waals surface area contributed by atoms with Crippen LogP contribution in [0.4, 0.5) is 26.3 Å². The standard InChI is InChI=1S/C29H29F6N3O2/c1-27(28(30,31)32,29(33,34)35)24-8-6-23(7-9-24)22-4-2-20(3-5-22)18-38-15-14-37(19-25(38)16-26(39)40)17-21-10-12-36-13-11-21/h2-13,25H,14-19H2,1H3,(H,39,40). The fourth-order valence-corrected chi connectivity index (χ4v) is 4.97. The highest BCUT2D eigenvalue weighted by atomic mass is 19.4. The summed E-state index contributed by atoms with van der Waals surface area (Å²) in [5.41, 5.74) is -1.71. The number of alkyl halides is 6. The van der Waals surface area contributed by atoms with Gasteiger partial charge >= 0.3 is 18.3 Å². The highest BCUT2D eigenvalue weighted by Gasteiger charge is 2.68. The van der Waals surface area contributed by atoms with Crippen molar-refractivity contribution in [1.29, 1.82) is 0 Å². The highest BCUT2D eigenvalue weighted by Crippen LogP contribution is 2.51. The zero-order valence-electron chi connectivity index (χ0n) is 21.7. The summed E-state index contributed by atoms with van der Waals surface area (Å²) in [5, 5.41) is 9.47. The van der Waals surface area contributed by atoms with Crippen LogP contribution < -0.4 is 0 Å². The Hall–Kier alpha value is -3.44. The maximum absolute atomic E-state index is 13.4. The van der Waals surface area contributed by atoms with Crippen molar-refractivity contribution in [1.82, 2.24) is 14.8 Å². The lowest BCUT2D eigenvalue weighted by molar-refractivity contribution is -0.297. The number of hydrogen-bond donors (Lipinski definition) is 1. The Morgan fingerprint density at radius 2 is 1.35 bits per heavy atom. The van der Waals surface area contributed by atoms with E-state index in [0.29, 0.717) is 37.3 Å². The first-order chi connectivity index (χ1) is 18.8. The van der Waals surface area contributed by atoms with Crippen LogP contribution in [-0.2, 0) is 23.3 Å². The summed E-state index contributed by atoms with van der Waals surface area (Å²) in [6.45, 7) is 3.38. The number of piperazine rings is 1. The van der Waals surface area contributed by atoms with Gasteiger partial charge < -0.3 is 5.11 Å². The van der Waals surface area contributed by atoms with Crippen molar-refractivity contribution in [2.75, 3.05) is 19.6 Å². The Bertz CT molecular complexity index is 1260. The molecule has 1 aromatic heterocycles. The van der Waals surface area contributed by atoms with E-state index in [9.17, 15) is 36.2 Å². The predicted molar refractivity (Wildman–Crippen MR) is 137 cm³/mol. The molecule has 2 heterocycles. The van der Waals surface area contributed by atoms with Gasteiger partial charge in [0.15, 0.2) is 5.41 Å². The molecule has 1 N–H and O–H groups in total. The number of carbonyl (C=O) groups is 1. The van der Waals surface area contributed by atoms with E-state index in [4.69, 9.17) is 0 Å². The van der Waals surface area contributed by atoms with Gasteiger partial charge in [0.1, 0.15) is 0 Å². The number of rotatable bonds is 8. The minimum atomic E-state index is -5.50. The van der Waals surface area contributed by atoms with Gasteiger partial charge in [0.2, 0.25) is 0 Å². The van der Waals surface area contributed by atoms with Crippen LogP contribution in [-0.4, -0.2) is 63.9 Å². The van der Waals surface area contributed by atoms with Crippen molar-refractivity contribution < 1.29 is 36.2 Å². The Labute approximate surface area is 228 Å². The quantitative estimate of drug-likeness (QED) is 0.326. The molecule has 0 bridgehead atoms. The third kappa shape index (κ3) is 6.47. The number of aliphatic carboxylic acids is 1. The van der Waals surface area contributed by atoms with E-state index in [-0.39, 0.29) is 19.4 Å². The van der Waals surface area contributed by atoms with Crippen LogP contribution in [0.2, 0.25) is 0 Å². The average Bonchev–Trinajstić information content (AvgIpc) is 2.89. The molecule has 1 fully saturated rings. The van der Waals surface area contributed by atoms with Crippen LogP contribution >= 0.6 is 0 Å². The molecule has 2 aromatic carbocycles. The number of aromatic nitrogens is 1. The third-order valence-electron chi connectivity index (χ3n) is 7.52. The molecule has 0 saturated carbocycles. The monoisotopic (exact) mass is 565 g/mol. The second kappa shape index (κ2) is 11.6. The minimum Gasteiger partial charge on any atom is -0.481 e. The van der Waals surface area contributed by atoms with E-state index in [0.717, 1.165) is 29.8 Å². The smallest absolute Gasteiger partial charge is 0.406 e. The van der Waals surface area contributed by atoms with E-state index in [1.165, 1.54) is 12.1 Å². The van der Waals surface area contributed by atoms with Crippen molar-refractivity contribution >= 4 is 5.97 Å².